The van der Waals surface area contributed by atoms with Gasteiger partial charge in [-0.1, -0.05) is 0 Å². The van der Waals surface area contributed by atoms with Crippen LogP contribution in [0, 0.1) is 3.57 Å². The first kappa shape index (κ1) is 14.9. The first-order chi connectivity index (χ1) is 8.52. The third kappa shape index (κ3) is 5.01. The zero-order chi connectivity index (χ0) is 13.5. The minimum Gasteiger partial charge on any atom is -0.468 e. The monoisotopic (exact) mass is 362 g/mol. The van der Waals surface area contributed by atoms with E-state index in [-0.39, 0.29) is 18.7 Å². The molecule has 0 fully saturated rings. The lowest BCUT2D eigenvalue weighted by atomic mass is 10.1. The Morgan fingerprint density at radius 3 is 2.56 bits per heavy atom. The first-order valence-electron chi connectivity index (χ1n) is 5.41. The summed E-state index contributed by atoms with van der Waals surface area (Å²) in [5.41, 5.74) is 6.26. The molecule has 18 heavy (non-hydrogen) atoms. The van der Waals surface area contributed by atoms with Gasteiger partial charge in [0.05, 0.1) is 7.11 Å². The number of benzene rings is 1. The highest BCUT2D eigenvalue weighted by Crippen LogP contribution is 2.11. The minimum absolute atomic E-state index is 0.171. The second-order valence-electron chi connectivity index (χ2n) is 3.72. The zero-order valence-corrected chi connectivity index (χ0v) is 12.1. The average Bonchev–Trinajstić information content (AvgIpc) is 2.37. The molecular formula is C12H15IN2O3. The van der Waals surface area contributed by atoms with Crippen LogP contribution in [-0.2, 0) is 14.3 Å². The van der Waals surface area contributed by atoms with E-state index in [0.29, 0.717) is 0 Å². The Labute approximate surface area is 119 Å². The molecule has 1 aromatic carbocycles. The molecule has 0 aromatic heterocycles. The van der Waals surface area contributed by atoms with Crippen LogP contribution in [0.4, 0.5) is 5.69 Å². The summed E-state index contributed by atoms with van der Waals surface area (Å²) in [5, 5.41) is 2.73. The molecule has 6 heteroatoms. The third-order valence-corrected chi connectivity index (χ3v) is 3.03. The van der Waals surface area contributed by atoms with E-state index in [1.165, 1.54) is 7.11 Å². The predicted molar refractivity (Wildman–Crippen MR) is 77.0 cm³/mol. The SMILES string of the molecule is COC(=O)[C@@H](N)CCC(=O)Nc1ccc(I)cc1. The minimum atomic E-state index is -0.752. The van der Waals surface area contributed by atoms with Crippen LogP contribution < -0.4 is 11.1 Å². The molecule has 0 heterocycles. The van der Waals surface area contributed by atoms with Gasteiger partial charge in [-0.2, -0.15) is 0 Å². The van der Waals surface area contributed by atoms with E-state index in [0.717, 1.165) is 9.26 Å². The fourth-order valence-corrected chi connectivity index (χ4v) is 1.67. The van der Waals surface area contributed by atoms with Crippen molar-refractivity contribution < 1.29 is 14.3 Å². The number of methoxy groups -OCH3 is 1. The Bertz CT molecular complexity index is 420. The topological polar surface area (TPSA) is 81.4 Å². The third-order valence-electron chi connectivity index (χ3n) is 2.31. The number of hydrogen-bond donors (Lipinski definition) is 2. The number of hydrogen-bond acceptors (Lipinski definition) is 4. The fourth-order valence-electron chi connectivity index (χ4n) is 1.31. The van der Waals surface area contributed by atoms with Gasteiger partial charge in [-0.05, 0) is 53.3 Å². The Hall–Kier alpha value is -1.15. The first-order valence-corrected chi connectivity index (χ1v) is 6.49. The standard InChI is InChI=1S/C12H15IN2O3/c1-18-12(17)10(14)6-7-11(16)15-9-4-2-8(13)3-5-9/h2-5,10H,6-7,14H2,1H3,(H,15,16)/t10-/m0/s1. The van der Waals surface area contributed by atoms with E-state index >= 15 is 0 Å². The summed E-state index contributed by atoms with van der Waals surface area (Å²) in [5.74, 6) is -0.673. The Morgan fingerprint density at radius 2 is 2.00 bits per heavy atom. The highest BCUT2D eigenvalue weighted by atomic mass is 127. The van der Waals surface area contributed by atoms with Crippen LogP contribution in [0.3, 0.4) is 0 Å². The molecule has 0 aliphatic carbocycles. The molecule has 5 nitrogen and oxygen atoms in total. The second kappa shape index (κ2) is 7.32. The van der Waals surface area contributed by atoms with Gasteiger partial charge >= 0.3 is 5.97 Å². The lowest BCUT2D eigenvalue weighted by molar-refractivity contribution is -0.142. The number of amides is 1. The summed E-state index contributed by atoms with van der Waals surface area (Å²) in [6, 6.07) is 6.68. The van der Waals surface area contributed by atoms with E-state index in [9.17, 15) is 9.59 Å². The highest BCUT2D eigenvalue weighted by Gasteiger charge is 2.15. The molecule has 0 saturated carbocycles. The molecule has 98 valence electrons. The van der Waals surface area contributed by atoms with E-state index in [2.05, 4.69) is 32.6 Å². The number of carbonyl (C=O) groups is 2. The van der Waals surface area contributed by atoms with E-state index in [1.807, 2.05) is 24.3 Å². The van der Waals surface area contributed by atoms with Crippen molar-refractivity contribution in [3.8, 4) is 0 Å². The number of ether oxygens (including phenoxy) is 1. The Morgan fingerprint density at radius 1 is 1.39 bits per heavy atom. The number of halogens is 1. The molecule has 1 aromatic rings. The summed E-state index contributed by atoms with van der Waals surface area (Å²) >= 11 is 2.19. The van der Waals surface area contributed by atoms with Gasteiger partial charge in [0, 0.05) is 15.7 Å². The predicted octanol–water partition coefficient (Wildman–Crippen LogP) is 1.51. The normalized spacial score (nSPS) is 11.7. The van der Waals surface area contributed by atoms with Crippen LogP contribution in [0.25, 0.3) is 0 Å². The van der Waals surface area contributed by atoms with Crippen molar-refractivity contribution in [3.63, 3.8) is 0 Å². The lowest BCUT2D eigenvalue weighted by Crippen LogP contribution is -2.32. The van der Waals surface area contributed by atoms with Crippen LogP contribution >= 0.6 is 22.6 Å². The van der Waals surface area contributed by atoms with E-state index < -0.39 is 12.0 Å². The van der Waals surface area contributed by atoms with Crippen molar-refractivity contribution in [1.29, 1.82) is 0 Å². The van der Waals surface area contributed by atoms with Crippen molar-refractivity contribution in [1.82, 2.24) is 0 Å². The van der Waals surface area contributed by atoms with Gasteiger partial charge < -0.3 is 15.8 Å². The maximum Gasteiger partial charge on any atom is 0.322 e. The number of nitrogens with two attached hydrogens (primary N) is 1. The van der Waals surface area contributed by atoms with Crippen molar-refractivity contribution in [2.75, 3.05) is 12.4 Å². The summed E-state index contributed by atoms with van der Waals surface area (Å²) < 4.78 is 5.57. The second-order valence-corrected chi connectivity index (χ2v) is 4.97. The molecule has 0 spiro atoms. The van der Waals surface area contributed by atoms with Gasteiger partial charge in [-0.15, -0.1) is 0 Å². The Kier molecular flexibility index (Phi) is 6.06. The summed E-state index contributed by atoms with van der Waals surface area (Å²) in [6.45, 7) is 0. The van der Waals surface area contributed by atoms with Gasteiger partial charge in [-0.3, -0.25) is 9.59 Å². The molecule has 0 radical (unpaired) electrons. The van der Waals surface area contributed by atoms with Gasteiger partial charge in [0.1, 0.15) is 6.04 Å². The molecule has 0 unspecified atom stereocenters. The number of rotatable bonds is 5. The molecule has 0 aliphatic heterocycles. The fraction of sp³-hybridized carbons (Fsp3) is 0.333. The number of esters is 1. The maximum absolute atomic E-state index is 11.6. The van der Waals surface area contributed by atoms with Gasteiger partial charge in [0.25, 0.3) is 0 Å². The van der Waals surface area contributed by atoms with Gasteiger partial charge in [0.15, 0.2) is 0 Å². The van der Waals surface area contributed by atoms with Crippen LogP contribution in [0.1, 0.15) is 12.8 Å². The number of carbonyl (C=O) groups excluding carboxylic acids is 2. The van der Waals surface area contributed by atoms with Crippen LogP contribution in [0.5, 0.6) is 0 Å². The summed E-state index contributed by atoms with van der Waals surface area (Å²) in [4.78, 5) is 22.6. The molecule has 3 N–H and O–H groups in total. The smallest absolute Gasteiger partial charge is 0.322 e. The highest BCUT2D eigenvalue weighted by molar-refractivity contribution is 14.1. The number of nitrogens with one attached hydrogen (secondary N) is 1. The lowest BCUT2D eigenvalue weighted by Gasteiger charge is -2.09. The largest absolute Gasteiger partial charge is 0.468 e. The maximum atomic E-state index is 11.6. The number of anilines is 1. The van der Waals surface area contributed by atoms with Crippen molar-refractivity contribution in [3.05, 3.63) is 27.8 Å². The van der Waals surface area contributed by atoms with Crippen molar-refractivity contribution in [2.24, 2.45) is 5.73 Å². The molecule has 1 amide bonds. The Balaban J connectivity index is 2.38. The summed E-state index contributed by atoms with van der Waals surface area (Å²) in [6.07, 6.45) is 0.450. The van der Waals surface area contributed by atoms with E-state index in [4.69, 9.17) is 5.73 Å². The zero-order valence-electron chi connectivity index (χ0n) is 9.98. The molecule has 1 rings (SSSR count). The van der Waals surface area contributed by atoms with Crippen LogP contribution in [0.15, 0.2) is 24.3 Å². The van der Waals surface area contributed by atoms with Crippen molar-refractivity contribution in [2.45, 2.75) is 18.9 Å². The molecule has 0 aliphatic rings. The molecule has 0 saturated heterocycles. The van der Waals surface area contributed by atoms with E-state index in [1.54, 1.807) is 0 Å². The van der Waals surface area contributed by atoms with Crippen molar-refractivity contribution >= 4 is 40.2 Å². The van der Waals surface area contributed by atoms with Crippen LogP contribution in [0.2, 0.25) is 0 Å². The molecule has 1 atom stereocenters. The van der Waals surface area contributed by atoms with Gasteiger partial charge in [-0.25, -0.2) is 0 Å². The summed E-state index contributed by atoms with van der Waals surface area (Å²) in [7, 11) is 1.27. The molecular weight excluding hydrogens is 347 g/mol. The van der Waals surface area contributed by atoms with Gasteiger partial charge in [0.2, 0.25) is 5.91 Å². The quantitative estimate of drug-likeness (QED) is 0.615. The molecule has 0 bridgehead atoms. The average molecular weight is 362 g/mol. The van der Waals surface area contributed by atoms with Crippen LogP contribution in [-0.4, -0.2) is 25.0 Å².